The van der Waals surface area contributed by atoms with Crippen LogP contribution < -0.4 is 4.74 Å². The van der Waals surface area contributed by atoms with E-state index in [0.29, 0.717) is 5.41 Å². The summed E-state index contributed by atoms with van der Waals surface area (Å²) in [4.78, 5) is 9.92. The van der Waals surface area contributed by atoms with Gasteiger partial charge in [0, 0.05) is 57.9 Å². The van der Waals surface area contributed by atoms with Crippen molar-refractivity contribution < 1.29 is 9.84 Å². The van der Waals surface area contributed by atoms with E-state index in [4.69, 9.17) is 4.74 Å². The summed E-state index contributed by atoms with van der Waals surface area (Å²) in [6.45, 7) is 15.0. The summed E-state index contributed by atoms with van der Waals surface area (Å²) in [7, 11) is 2.15. The maximum Gasteiger partial charge on any atom is 0.123 e. The number of piperidine rings is 2. The first-order valence-corrected chi connectivity index (χ1v) is 12.3. The van der Waals surface area contributed by atoms with E-state index < -0.39 is 0 Å². The van der Waals surface area contributed by atoms with E-state index in [2.05, 4.69) is 57.8 Å². The number of β-amino-alcohol motifs (C(OH)–C–C–N with tert-alkyl or cyclic N) is 1. The van der Waals surface area contributed by atoms with Crippen molar-refractivity contribution in [1.29, 1.82) is 0 Å². The standard InChI is InChI=1S/C25H42N4O2/c1-3-27-12-14-28(15-13-27)16-17-31-24-7-5-4-6-22(24)19-29-10-8-25(9-11-29)18-23(30)20-26(2)21-25/h4-7,23,30H,3,8-21H2,1-2H3. The van der Waals surface area contributed by atoms with Crippen LogP contribution in [0.25, 0.3) is 0 Å². The van der Waals surface area contributed by atoms with E-state index in [1.54, 1.807) is 0 Å². The minimum absolute atomic E-state index is 0.163. The first kappa shape index (κ1) is 23.0. The summed E-state index contributed by atoms with van der Waals surface area (Å²) in [5.41, 5.74) is 1.61. The molecule has 3 heterocycles. The second kappa shape index (κ2) is 10.6. The van der Waals surface area contributed by atoms with Gasteiger partial charge in [-0.25, -0.2) is 0 Å². The molecule has 174 valence electrons. The van der Waals surface area contributed by atoms with Crippen molar-refractivity contribution in [1.82, 2.24) is 19.6 Å². The Morgan fingerprint density at radius 3 is 2.42 bits per heavy atom. The summed E-state index contributed by atoms with van der Waals surface area (Å²) < 4.78 is 6.25. The van der Waals surface area contributed by atoms with Gasteiger partial charge >= 0.3 is 0 Å². The summed E-state index contributed by atoms with van der Waals surface area (Å²) in [6, 6.07) is 8.56. The van der Waals surface area contributed by atoms with Gasteiger partial charge in [0.25, 0.3) is 0 Å². The summed E-state index contributed by atoms with van der Waals surface area (Å²) in [5.74, 6) is 1.04. The van der Waals surface area contributed by atoms with Crippen LogP contribution in [0.3, 0.4) is 0 Å². The number of hydrogen-bond acceptors (Lipinski definition) is 6. The van der Waals surface area contributed by atoms with Crippen molar-refractivity contribution in [2.45, 2.75) is 38.8 Å². The molecular weight excluding hydrogens is 388 g/mol. The number of aliphatic hydroxyl groups excluding tert-OH is 1. The van der Waals surface area contributed by atoms with Gasteiger partial charge in [0.05, 0.1) is 6.10 Å². The molecule has 0 aromatic heterocycles. The molecule has 0 amide bonds. The number of benzene rings is 1. The fraction of sp³-hybridized carbons (Fsp3) is 0.760. The van der Waals surface area contributed by atoms with E-state index in [9.17, 15) is 5.11 Å². The van der Waals surface area contributed by atoms with Crippen LogP contribution in [0.15, 0.2) is 24.3 Å². The van der Waals surface area contributed by atoms with Crippen molar-refractivity contribution in [2.24, 2.45) is 5.41 Å². The van der Waals surface area contributed by atoms with Gasteiger partial charge in [-0.2, -0.15) is 0 Å². The predicted octanol–water partition coefficient (Wildman–Crippen LogP) is 1.98. The minimum Gasteiger partial charge on any atom is -0.492 e. The zero-order chi connectivity index (χ0) is 21.7. The van der Waals surface area contributed by atoms with Crippen LogP contribution in [0.5, 0.6) is 5.75 Å². The van der Waals surface area contributed by atoms with Gasteiger partial charge in [0.2, 0.25) is 0 Å². The highest BCUT2D eigenvalue weighted by Gasteiger charge is 2.40. The molecule has 1 N–H and O–H groups in total. The third-order valence-electron chi connectivity index (χ3n) is 7.66. The third-order valence-corrected chi connectivity index (χ3v) is 7.66. The lowest BCUT2D eigenvalue weighted by molar-refractivity contribution is -0.0331. The molecule has 1 unspecified atom stereocenters. The van der Waals surface area contributed by atoms with Crippen LogP contribution in [-0.4, -0.2) is 110 Å². The Kier molecular flexibility index (Phi) is 7.88. The highest BCUT2D eigenvalue weighted by Crippen LogP contribution is 2.40. The molecule has 3 fully saturated rings. The highest BCUT2D eigenvalue weighted by atomic mass is 16.5. The molecule has 0 bridgehead atoms. The number of piperazine rings is 1. The number of para-hydroxylation sites is 1. The zero-order valence-corrected chi connectivity index (χ0v) is 19.6. The largest absolute Gasteiger partial charge is 0.492 e. The molecular formula is C25H42N4O2. The predicted molar refractivity (Wildman–Crippen MR) is 126 cm³/mol. The maximum atomic E-state index is 10.3. The van der Waals surface area contributed by atoms with E-state index >= 15 is 0 Å². The van der Waals surface area contributed by atoms with Crippen molar-refractivity contribution in [3.8, 4) is 5.75 Å². The van der Waals surface area contributed by atoms with Gasteiger partial charge in [0.1, 0.15) is 12.4 Å². The van der Waals surface area contributed by atoms with Crippen LogP contribution in [0, 0.1) is 5.41 Å². The fourth-order valence-electron chi connectivity index (χ4n) is 5.80. The molecule has 3 aliphatic heterocycles. The molecule has 6 nitrogen and oxygen atoms in total. The molecule has 0 aliphatic carbocycles. The number of nitrogens with zero attached hydrogens (tertiary/aromatic N) is 4. The lowest BCUT2D eigenvalue weighted by Gasteiger charge is -2.48. The van der Waals surface area contributed by atoms with Gasteiger partial charge < -0.3 is 19.6 Å². The fourth-order valence-corrected chi connectivity index (χ4v) is 5.80. The van der Waals surface area contributed by atoms with Gasteiger partial charge in [-0.05, 0) is 57.4 Å². The first-order valence-electron chi connectivity index (χ1n) is 12.3. The number of aliphatic hydroxyl groups is 1. The summed E-state index contributed by atoms with van der Waals surface area (Å²) in [6.07, 6.45) is 3.17. The topological polar surface area (TPSA) is 42.4 Å². The molecule has 3 saturated heterocycles. The summed E-state index contributed by atoms with van der Waals surface area (Å²) in [5, 5.41) is 10.3. The van der Waals surface area contributed by atoms with E-state index in [1.165, 1.54) is 31.5 Å². The Balaban J connectivity index is 1.25. The maximum absolute atomic E-state index is 10.3. The van der Waals surface area contributed by atoms with Crippen molar-refractivity contribution >= 4 is 0 Å². The second-order valence-corrected chi connectivity index (χ2v) is 10.1. The van der Waals surface area contributed by atoms with E-state index in [-0.39, 0.29) is 6.10 Å². The van der Waals surface area contributed by atoms with Crippen molar-refractivity contribution in [2.75, 3.05) is 79.1 Å². The van der Waals surface area contributed by atoms with Gasteiger partial charge in [-0.15, -0.1) is 0 Å². The Morgan fingerprint density at radius 2 is 1.71 bits per heavy atom. The van der Waals surface area contributed by atoms with Gasteiger partial charge in [-0.1, -0.05) is 25.1 Å². The highest BCUT2D eigenvalue weighted by molar-refractivity contribution is 5.33. The average molecular weight is 431 g/mol. The Hall–Kier alpha value is -1.18. The number of likely N-dealkylation sites (N-methyl/N-ethyl adjacent to an activating group) is 2. The first-order chi connectivity index (χ1) is 15.0. The Labute approximate surface area is 188 Å². The lowest BCUT2D eigenvalue weighted by atomic mass is 9.71. The quantitative estimate of drug-likeness (QED) is 0.714. The molecule has 31 heavy (non-hydrogen) atoms. The molecule has 1 spiro atoms. The normalized spacial score (nSPS) is 26.4. The van der Waals surface area contributed by atoms with Crippen LogP contribution in [0.2, 0.25) is 0 Å². The van der Waals surface area contributed by atoms with Crippen molar-refractivity contribution in [3.63, 3.8) is 0 Å². The van der Waals surface area contributed by atoms with Gasteiger partial charge in [-0.3, -0.25) is 9.80 Å². The van der Waals surface area contributed by atoms with E-state index in [0.717, 1.165) is 77.7 Å². The van der Waals surface area contributed by atoms with Crippen molar-refractivity contribution in [3.05, 3.63) is 29.8 Å². The molecule has 3 aliphatic rings. The van der Waals surface area contributed by atoms with Crippen LogP contribution >= 0.6 is 0 Å². The second-order valence-electron chi connectivity index (χ2n) is 10.1. The van der Waals surface area contributed by atoms with Gasteiger partial charge in [0.15, 0.2) is 0 Å². The van der Waals surface area contributed by atoms with Crippen LogP contribution in [0.1, 0.15) is 31.7 Å². The number of hydrogen-bond donors (Lipinski definition) is 1. The minimum atomic E-state index is -0.163. The van der Waals surface area contributed by atoms with Crippen LogP contribution in [0.4, 0.5) is 0 Å². The molecule has 6 heteroatoms. The molecule has 0 saturated carbocycles. The molecule has 1 aromatic rings. The van der Waals surface area contributed by atoms with E-state index in [1.807, 2.05) is 0 Å². The monoisotopic (exact) mass is 430 g/mol. The summed E-state index contributed by atoms with van der Waals surface area (Å²) >= 11 is 0. The number of likely N-dealkylation sites (tertiary alicyclic amines) is 2. The molecule has 4 rings (SSSR count). The number of rotatable bonds is 7. The Bertz CT molecular complexity index is 672. The average Bonchev–Trinajstić information content (AvgIpc) is 2.76. The number of ether oxygens (including phenoxy) is 1. The lowest BCUT2D eigenvalue weighted by Crippen LogP contribution is -2.52. The Morgan fingerprint density at radius 1 is 1.00 bits per heavy atom. The zero-order valence-electron chi connectivity index (χ0n) is 19.6. The molecule has 0 radical (unpaired) electrons. The van der Waals surface area contributed by atoms with Crippen LogP contribution in [-0.2, 0) is 6.54 Å². The molecule has 1 atom stereocenters. The third kappa shape index (κ3) is 6.20. The molecule has 1 aromatic carbocycles. The SMILES string of the molecule is CCN1CCN(CCOc2ccccc2CN2CCC3(CC2)CC(O)CN(C)C3)CC1. The smallest absolute Gasteiger partial charge is 0.123 e.